The number of rotatable bonds is 11. The predicted octanol–water partition coefficient (Wildman–Crippen LogP) is 6.22. The van der Waals surface area contributed by atoms with Crippen LogP contribution >= 0.6 is 0 Å². The lowest BCUT2D eigenvalue weighted by Crippen LogP contribution is -2.53. The monoisotopic (exact) mass is 546 g/mol. The van der Waals surface area contributed by atoms with Gasteiger partial charge < -0.3 is 19.4 Å². The maximum Gasteiger partial charge on any atom is 0.504 e. The van der Waals surface area contributed by atoms with Crippen LogP contribution in [0, 0.1) is 22.7 Å². The zero-order valence-electron chi connectivity index (χ0n) is 22.6. The first-order chi connectivity index (χ1) is 20.0. The second-order valence-corrected chi connectivity index (χ2v) is 10.4. The van der Waals surface area contributed by atoms with Gasteiger partial charge >= 0.3 is 5.97 Å². The van der Waals surface area contributed by atoms with Crippen LogP contribution in [0.15, 0.2) is 109 Å². The Kier molecular flexibility index (Phi) is 8.57. The van der Waals surface area contributed by atoms with Gasteiger partial charge in [-0.05, 0) is 47.6 Å². The molecule has 0 spiro atoms. The number of ketones is 1. The Balaban J connectivity index is 1.16. The van der Waals surface area contributed by atoms with E-state index in [-0.39, 0.29) is 54.7 Å². The highest BCUT2D eigenvalue weighted by molar-refractivity contribution is 6.10. The molecule has 2 N–H and O–H groups in total. The van der Waals surface area contributed by atoms with Gasteiger partial charge in [0.25, 0.3) is 0 Å². The fourth-order valence-electron chi connectivity index (χ4n) is 5.60. The van der Waals surface area contributed by atoms with Crippen molar-refractivity contribution in [2.45, 2.75) is 25.4 Å². The molecule has 0 amide bonds. The topological polar surface area (TPSA) is 101 Å². The summed E-state index contributed by atoms with van der Waals surface area (Å²) in [6.45, 7) is 0.427. The number of benzene rings is 4. The molecule has 1 fully saturated rings. The third-order valence-corrected chi connectivity index (χ3v) is 7.85. The minimum Gasteiger partial charge on any atom is -0.507 e. The van der Waals surface area contributed by atoms with Crippen molar-refractivity contribution in [3.63, 3.8) is 0 Å². The van der Waals surface area contributed by atoms with E-state index in [4.69, 9.17) is 9.47 Å². The van der Waals surface area contributed by atoms with Crippen LogP contribution in [0.25, 0.3) is 0 Å². The van der Waals surface area contributed by atoms with E-state index in [0.717, 1.165) is 11.1 Å². The molecule has 0 heterocycles. The summed E-state index contributed by atoms with van der Waals surface area (Å²) in [5.41, 5.74) is 2.57. The van der Waals surface area contributed by atoms with Gasteiger partial charge in [0, 0.05) is 11.5 Å². The maximum atomic E-state index is 12.6. The third-order valence-electron chi connectivity index (χ3n) is 7.85. The minimum absolute atomic E-state index is 0.0693. The van der Waals surface area contributed by atoms with Crippen LogP contribution in [-0.4, -0.2) is 34.9 Å². The molecule has 0 bridgehead atoms. The number of phenolic OH excluding ortho intramolecular Hbond substituents is 1. The standard InChI is InChI=1S/C35H31NO5/c36-24-35(22-30(27-12-6-2-7-13-27)31(35)20-25-10-4-1-5-11-25)34(39)41-19-18-40-23-26-16-17-29(32(37)21-26)33(38)28-14-8-3-9-15-28/h1-17,21,30-31,37H,18-20,22-23H2/p+1. The Labute approximate surface area is 239 Å². The highest BCUT2D eigenvalue weighted by Crippen LogP contribution is 2.57. The number of ether oxygens (including phenoxy) is 2. The number of carbonyl (C=O) groups excluding carboxylic acids is 2. The van der Waals surface area contributed by atoms with Crippen LogP contribution in [0.3, 0.4) is 0 Å². The van der Waals surface area contributed by atoms with Gasteiger partial charge in [0.2, 0.25) is 12.0 Å². The molecule has 0 saturated heterocycles. The van der Waals surface area contributed by atoms with Crippen LogP contribution in [0.5, 0.6) is 5.75 Å². The van der Waals surface area contributed by atoms with Crippen molar-refractivity contribution >= 4 is 11.8 Å². The van der Waals surface area contributed by atoms with E-state index in [0.29, 0.717) is 24.0 Å². The van der Waals surface area contributed by atoms with Crippen LogP contribution in [0.2, 0.25) is 0 Å². The molecule has 0 aliphatic heterocycles. The molecule has 6 heteroatoms. The van der Waals surface area contributed by atoms with Crippen molar-refractivity contribution in [1.82, 2.24) is 0 Å². The Morgan fingerprint density at radius 2 is 1.56 bits per heavy atom. The van der Waals surface area contributed by atoms with Crippen molar-refractivity contribution < 1.29 is 24.2 Å². The number of phenols is 1. The third kappa shape index (κ3) is 6.06. The lowest BCUT2D eigenvalue weighted by molar-refractivity contribution is 0.0475. The molecule has 3 atom stereocenters. The summed E-state index contributed by atoms with van der Waals surface area (Å²) >= 11 is 0. The van der Waals surface area contributed by atoms with Gasteiger partial charge in [0.15, 0.2) is 5.78 Å². The second-order valence-electron chi connectivity index (χ2n) is 10.4. The maximum absolute atomic E-state index is 12.6. The van der Waals surface area contributed by atoms with E-state index in [2.05, 4.69) is 18.2 Å². The molecule has 1 saturated carbocycles. The summed E-state index contributed by atoms with van der Waals surface area (Å²) in [5.74, 6) is -0.642. The largest absolute Gasteiger partial charge is 0.507 e. The number of aromatic hydroxyl groups is 1. The molecule has 0 radical (unpaired) electrons. The number of nitriles is 1. The number of hydrogen-bond donors (Lipinski definition) is 1. The number of carbonyl (C=O) groups is 1. The Morgan fingerprint density at radius 3 is 2.22 bits per heavy atom. The first-order valence-electron chi connectivity index (χ1n) is 13.7. The summed E-state index contributed by atoms with van der Waals surface area (Å²) < 4.78 is 11.4. The molecule has 1 aliphatic rings. The van der Waals surface area contributed by atoms with E-state index in [1.54, 1.807) is 36.4 Å². The smallest absolute Gasteiger partial charge is 0.504 e. The fourth-order valence-corrected chi connectivity index (χ4v) is 5.60. The summed E-state index contributed by atoms with van der Waals surface area (Å²) in [7, 11) is 0. The van der Waals surface area contributed by atoms with E-state index < -0.39 is 5.41 Å². The van der Waals surface area contributed by atoms with Crippen molar-refractivity contribution in [2.75, 3.05) is 13.2 Å². The van der Waals surface area contributed by atoms with Gasteiger partial charge in [-0.1, -0.05) is 97.1 Å². The van der Waals surface area contributed by atoms with E-state index in [9.17, 15) is 20.0 Å². The normalized spacial score (nSPS) is 19.5. The van der Waals surface area contributed by atoms with Gasteiger partial charge in [-0.2, -0.15) is 5.26 Å². The van der Waals surface area contributed by atoms with Crippen LogP contribution in [0.4, 0.5) is 0 Å². The molecular formula is C35H32NO5+. The molecule has 1 aliphatic carbocycles. The molecule has 0 aromatic heterocycles. The molecule has 5 rings (SSSR count). The highest BCUT2D eigenvalue weighted by atomic mass is 16.6. The van der Waals surface area contributed by atoms with Gasteiger partial charge in [0.1, 0.15) is 12.4 Å². The van der Waals surface area contributed by atoms with Gasteiger partial charge in [0.05, 0.1) is 18.2 Å². The zero-order valence-corrected chi connectivity index (χ0v) is 22.6. The lowest BCUT2D eigenvalue weighted by atomic mass is 9.51. The average molecular weight is 547 g/mol. The quantitative estimate of drug-likeness (QED) is 0.104. The lowest BCUT2D eigenvalue weighted by Gasteiger charge is -2.47. The molecule has 6 nitrogen and oxygen atoms in total. The second kappa shape index (κ2) is 12.6. The molecular weight excluding hydrogens is 514 g/mol. The van der Waals surface area contributed by atoms with E-state index >= 15 is 0 Å². The summed E-state index contributed by atoms with van der Waals surface area (Å²) in [4.78, 5) is 23.7. The first kappa shape index (κ1) is 27.8. The van der Waals surface area contributed by atoms with Crippen LogP contribution in [0.1, 0.15) is 45.0 Å². The number of nitrogens with zero attached hydrogens (tertiary/aromatic N) is 1. The Hall–Kier alpha value is -4.73. The van der Waals surface area contributed by atoms with Gasteiger partial charge in [-0.3, -0.25) is 4.79 Å². The average Bonchev–Trinajstić information content (AvgIpc) is 3.01. The number of hydrogen-bond acceptors (Lipinski definition) is 5. The fraction of sp³-hybridized carbons (Fsp3) is 0.229. The molecule has 41 heavy (non-hydrogen) atoms. The van der Waals surface area contributed by atoms with Crippen LogP contribution in [-0.2, 0) is 22.5 Å². The van der Waals surface area contributed by atoms with Gasteiger partial charge in [-0.15, -0.1) is 0 Å². The van der Waals surface area contributed by atoms with Crippen molar-refractivity contribution in [2.24, 2.45) is 11.3 Å². The van der Waals surface area contributed by atoms with Crippen molar-refractivity contribution in [3.05, 3.63) is 137 Å². The summed E-state index contributed by atoms with van der Waals surface area (Å²) in [6, 6.07) is 36.1. The summed E-state index contributed by atoms with van der Waals surface area (Å²) in [6.07, 6.45) is 1.12. The summed E-state index contributed by atoms with van der Waals surface area (Å²) in [5, 5.41) is 20.7. The zero-order chi connectivity index (χ0) is 28.7. The number of esters is 1. The van der Waals surface area contributed by atoms with Gasteiger partial charge in [-0.25, -0.2) is 0 Å². The van der Waals surface area contributed by atoms with Crippen molar-refractivity contribution in [3.8, 4) is 11.8 Å². The molecule has 4 aromatic rings. The van der Waals surface area contributed by atoms with E-state index in [1.807, 2.05) is 54.6 Å². The molecule has 4 aromatic carbocycles. The first-order valence-corrected chi connectivity index (χ1v) is 13.7. The highest BCUT2D eigenvalue weighted by Gasteiger charge is 2.64. The van der Waals surface area contributed by atoms with Crippen LogP contribution < -0.4 is 0 Å². The Morgan fingerprint density at radius 1 is 0.902 bits per heavy atom. The predicted molar refractivity (Wildman–Crippen MR) is 156 cm³/mol. The molecule has 206 valence electrons. The van der Waals surface area contributed by atoms with Crippen molar-refractivity contribution in [1.29, 1.82) is 5.26 Å². The van der Waals surface area contributed by atoms with E-state index in [1.165, 1.54) is 6.07 Å². The minimum atomic E-state index is -1.11. The molecule has 3 unspecified atom stereocenters. The Bertz CT molecular complexity index is 1530. The SMILES string of the molecule is N#CC1(C(=[OH+])OCCOCc2ccc(C(=O)c3ccccc3)c(O)c2)CC(c2ccccc2)C1Cc1ccccc1.